The molecule has 0 N–H and O–H groups in total. The fraction of sp³-hybridized carbons (Fsp3) is 0.800. The topological polar surface area (TPSA) is 33.5 Å². The van der Waals surface area contributed by atoms with Crippen molar-refractivity contribution >= 4 is 0 Å². The van der Waals surface area contributed by atoms with Gasteiger partial charge in [0.2, 0.25) is 0 Å². The summed E-state index contributed by atoms with van der Waals surface area (Å²) in [7, 11) is 6.36. The van der Waals surface area contributed by atoms with Gasteiger partial charge in [-0.05, 0) is 27.9 Å². The Morgan fingerprint density at radius 3 is 2.70 bits per heavy atom. The third-order valence-electron chi connectivity index (χ3n) is 4.12. The lowest BCUT2D eigenvalue weighted by Gasteiger charge is -2.25. The summed E-state index contributed by atoms with van der Waals surface area (Å²) in [6.45, 7) is 9.98. The molecule has 1 saturated heterocycles. The van der Waals surface area contributed by atoms with E-state index in [9.17, 15) is 0 Å². The third-order valence-corrected chi connectivity index (χ3v) is 4.12. The molecule has 1 fully saturated rings. The largest absolute Gasteiger partial charge is 0.380 e. The second-order valence-electron chi connectivity index (χ2n) is 6.20. The second kappa shape index (κ2) is 6.70. The van der Waals surface area contributed by atoms with Gasteiger partial charge in [-0.25, -0.2) is 4.98 Å². The molecule has 0 spiro atoms. The van der Waals surface area contributed by atoms with Crippen LogP contribution in [0.25, 0.3) is 0 Å². The quantitative estimate of drug-likeness (QED) is 0.825. The van der Waals surface area contributed by atoms with Gasteiger partial charge in [-0.3, -0.25) is 4.90 Å². The van der Waals surface area contributed by atoms with Crippen LogP contribution in [0.1, 0.15) is 17.2 Å². The van der Waals surface area contributed by atoms with Gasteiger partial charge in [0.1, 0.15) is 5.82 Å². The van der Waals surface area contributed by atoms with Crippen molar-refractivity contribution < 1.29 is 4.74 Å². The average Bonchev–Trinajstić information content (AvgIpc) is 2.58. The monoisotopic (exact) mass is 280 g/mol. The Hall–Kier alpha value is -0.910. The molecule has 0 aromatic carbocycles. The summed E-state index contributed by atoms with van der Waals surface area (Å²) in [5.41, 5.74) is 2.40. The number of hydrogen-bond donors (Lipinski definition) is 0. The first kappa shape index (κ1) is 15.5. The van der Waals surface area contributed by atoms with Crippen LogP contribution >= 0.6 is 0 Å². The molecule has 1 aliphatic heterocycles. The van der Waals surface area contributed by atoms with Gasteiger partial charge >= 0.3 is 0 Å². The molecule has 0 aliphatic carbocycles. The summed E-state index contributed by atoms with van der Waals surface area (Å²) in [4.78, 5) is 9.41. The zero-order valence-corrected chi connectivity index (χ0v) is 13.5. The van der Waals surface area contributed by atoms with Crippen molar-refractivity contribution in [3.05, 3.63) is 17.2 Å². The van der Waals surface area contributed by atoms with E-state index in [2.05, 4.69) is 49.4 Å². The lowest BCUT2D eigenvalue weighted by Crippen LogP contribution is -2.35. The number of aromatic nitrogens is 2. The Kier molecular flexibility index (Phi) is 5.18. The molecule has 1 aromatic rings. The van der Waals surface area contributed by atoms with Crippen LogP contribution in [0.3, 0.4) is 0 Å². The van der Waals surface area contributed by atoms with Gasteiger partial charge in [0.15, 0.2) is 0 Å². The van der Waals surface area contributed by atoms with Crippen LogP contribution in [-0.2, 0) is 18.3 Å². The lowest BCUT2D eigenvalue weighted by molar-refractivity contribution is 0.112. The minimum atomic E-state index is 0.579. The highest BCUT2D eigenvalue weighted by Crippen LogP contribution is 2.14. The van der Waals surface area contributed by atoms with Gasteiger partial charge in [0.25, 0.3) is 0 Å². The van der Waals surface area contributed by atoms with Crippen molar-refractivity contribution in [3.8, 4) is 0 Å². The molecule has 20 heavy (non-hydrogen) atoms. The number of aryl methyl sites for hydroxylation is 1. The molecule has 1 atom stereocenters. The highest BCUT2D eigenvalue weighted by molar-refractivity contribution is 5.13. The van der Waals surface area contributed by atoms with Crippen molar-refractivity contribution in [1.82, 2.24) is 19.4 Å². The zero-order chi connectivity index (χ0) is 14.7. The normalized spacial score (nSPS) is 21.4. The Bertz CT molecular complexity index is 441. The number of rotatable bonds is 4. The van der Waals surface area contributed by atoms with Crippen molar-refractivity contribution in [1.29, 1.82) is 0 Å². The Morgan fingerprint density at radius 2 is 2.10 bits per heavy atom. The molecule has 1 unspecified atom stereocenters. The van der Waals surface area contributed by atoms with E-state index in [1.54, 1.807) is 0 Å². The van der Waals surface area contributed by atoms with Gasteiger partial charge in [-0.2, -0.15) is 0 Å². The van der Waals surface area contributed by atoms with E-state index < -0.39 is 0 Å². The minimum absolute atomic E-state index is 0.579. The zero-order valence-electron chi connectivity index (χ0n) is 13.5. The maximum atomic E-state index is 5.74. The Morgan fingerprint density at radius 1 is 1.35 bits per heavy atom. The van der Waals surface area contributed by atoms with E-state index in [0.717, 1.165) is 50.9 Å². The van der Waals surface area contributed by atoms with E-state index >= 15 is 0 Å². The van der Waals surface area contributed by atoms with Crippen LogP contribution in [-0.4, -0.2) is 66.3 Å². The predicted octanol–water partition coefficient (Wildman–Crippen LogP) is 1.05. The van der Waals surface area contributed by atoms with Crippen LogP contribution < -0.4 is 0 Å². The molecular formula is C15H28N4O. The lowest BCUT2D eigenvalue weighted by atomic mass is 10.1. The summed E-state index contributed by atoms with van der Waals surface area (Å²) in [6, 6.07) is 0. The van der Waals surface area contributed by atoms with Gasteiger partial charge in [-0.15, -0.1) is 0 Å². The standard InChI is InChI=1S/C15H28N4O/c1-12-13(2)18(5)15(16-12)10-19-6-7-20-11-14(9-19)8-17(3)4/h14H,6-11H2,1-5H3. The van der Waals surface area contributed by atoms with Gasteiger partial charge in [0.05, 0.1) is 25.5 Å². The molecular weight excluding hydrogens is 252 g/mol. The molecule has 1 aromatic heterocycles. The average molecular weight is 280 g/mol. The van der Waals surface area contributed by atoms with Gasteiger partial charge in [0, 0.05) is 38.3 Å². The van der Waals surface area contributed by atoms with Gasteiger partial charge < -0.3 is 14.2 Å². The van der Waals surface area contributed by atoms with Crippen LogP contribution in [0.2, 0.25) is 0 Å². The molecule has 2 rings (SSSR count). The fourth-order valence-electron chi connectivity index (χ4n) is 2.85. The van der Waals surface area contributed by atoms with E-state index in [4.69, 9.17) is 9.72 Å². The van der Waals surface area contributed by atoms with Crippen LogP contribution in [0.15, 0.2) is 0 Å². The maximum Gasteiger partial charge on any atom is 0.123 e. The maximum absolute atomic E-state index is 5.74. The van der Waals surface area contributed by atoms with Crippen molar-refractivity contribution in [3.63, 3.8) is 0 Å². The molecule has 5 heteroatoms. The first-order valence-electron chi connectivity index (χ1n) is 7.41. The fourth-order valence-corrected chi connectivity index (χ4v) is 2.85. The third kappa shape index (κ3) is 3.81. The molecule has 2 heterocycles. The van der Waals surface area contributed by atoms with Crippen molar-refractivity contribution in [2.45, 2.75) is 20.4 Å². The van der Waals surface area contributed by atoms with Crippen LogP contribution in [0, 0.1) is 19.8 Å². The SMILES string of the molecule is Cc1nc(CN2CCOCC(CN(C)C)C2)n(C)c1C. The summed E-state index contributed by atoms with van der Waals surface area (Å²) < 4.78 is 7.95. The number of ether oxygens (including phenoxy) is 1. The summed E-state index contributed by atoms with van der Waals surface area (Å²) >= 11 is 0. The second-order valence-corrected chi connectivity index (χ2v) is 6.20. The highest BCUT2D eigenvalue weighted by atomic mass is 16.5. The molecule has 0 bridgehead atoms. The number of hydrogen-bond acceptors (Lipinski definition) is 4. The highest BCUT2D eigenvalue weighted by Gasteiger charge is 2.21. The van der Waals surface area contributed by atoms with Crippen molar-refractivity contribution in [2.75, 3.05) is 46.9 Å². The summed E-state index contributed by atoms with van der Waals surface area (Å²) in [6.07, 6.45) is 0. The number of imidazole rings is 1. The molecule has 1 aliphatic rings. The molecule has 114 valence electrons. The number of nitrogens with zero attached hydrogens (tertiary/aromatic N) is 4. The molecule has 0 saturated carbocycles. The molecule has 0 amide bonds. The van der Waals surface area contributed by atoms with E-state index in [1.807, 2.05) is 0 Å². The first-order chi connectivity index (χ1) is 9.47. The Labute approximate surface area is 122 Å². The Balaban J connectivity index is 2.01. The van der Waals surface area contributed by atoms with E-state index in [-0.39, 0.29) is 0 Å². The smallest absolute Gasteiger partial charge is 0.123 e. The molecule has 0 radical (unpaired) electrons. The van der Waals surface area contributed by atoms with Crippen LogP contribution in [0.4, 0.5) is 0 Å². The van der Waals surface area contributed by atoms with E-state index in [0.29, 0.717) is 5.92 Å². The van der Waals surface area contributed by atoms with Crippen LogP contribution in [0.5, 0.6) is 0 Å². The summed E-state index contributed by atoms with van der Waals surface area (Å²) in [5.74, 6) is 1.74. The minimum Gasteiger partial charge on any atom is -0.380 e. The van der Waals surface area contributed by atoms with Crippen molar-refractivity contribution in [2.24, 2.45) is 13.0 Å². The summed E-state index contributed by atoms with van der Waals surface area (Å²) in [5, 5.41) is 0. The van der Waals surface area contributed by atoms with Gasteiger partial charge in [-0.1, -0.05) is 0 Å². The van der Waals surface area contributed by atoms with E-state index in [1.165, 1.54) is 5.69 Å². The predicted molar refractivity (Wildman–Crippen MR) is 80.8 cm³/mol. The first-order valence-corrected chi connectivity index (χ1v) is 7.41. The molecule has 5 nitrogen and oxygen atoms in total.